The quantitative estimate of drug-likeness (QED) is 0.287. The first-order valence-corrected chi connectivity index (χ1v) is 9.39. The molecule has 0 heterocycles. The molecule has 11 heteroatoms. The van der Waals surface area contributed by atoms with Crippen LogP contribution in [0.4, 0.5) is 5.69 Å². The van der Waals surface area contributed by atoms with Crippen LogP contribution in [0.1, 0.15) is 13.8 Å². The van der Waals surface area contributed by atoms with Crippen LogP contribution in [0.2, 0.25) is 0 Å². The molecule has 0 spiro atoms. The Labute approximate surface area is 128 Å². The van der Waals surface area contributed by atoms with Gasteiger partial charge in [0, 0.05) is 12.1 Å². The van der Waals surface area contributed by atoms with Gasteiger partial charge in [-0.2, -0.15) is 8.42 Å². The molecule has 0 saturated carbocycles. The van der Waals surface area contributed by atoms with E-state index in [4.69, 9.17) is 9.05 Å². The number of nitro groups is 1. The average molecular weight is 353 g/mol. The number of rotatable bonds is 9. The predicted molar refractivity (Wildman–Crippen MR) is 77.1 cm³/mol. The smallest absolute Gasteiger partial charge is 0.307 e. The van der Waals surface area contributed by atoms with Crippen LogP contribution in [-0.4, -0.2) is 32.9 Å². The fraction of sp³-hybridized carbons (Fsp3) is 0.455. The van der Waals surface area contributed by atoms with Gasteiger partial charge in [0.2, 0.25) is 0 Å². The zero-order valence-electron chi connectivity index (χ0n) is 12.0. The molecule has 0 aliphatic heterocycles. The predicted octanol–water partition coefficient (Wildman–Crippen LogP) is 2.52. The Hall–Kier alpha value is -1.32. The number of benzene rings is 1. The molecule has 0 N–H and O–H groups in total. The van der Waals surface area contributed by atoms with Crippen molar-refractivity contribution in [1.82, 2.24) is 0 Å². The van der Waals surface area contributed by atoms with E-state index >= 15 is 0 Å². The fourth-order valence-electron chi connectivity index (χ4n) is 1.44. The van der Waals surface area contributed by atoms with Crippen molar-refractivity contribution in [1.29, 1.82) is 0 Å². The van der Waals surface area contributed by atoms with E-state index in [1.807, 2.05) is 0 Å². The molecule has 0 unspecified atom stereocenters. The van der Waals surface area contributed by atoms with E-state index in [0.29, 0.717) is 0 Å². The number of nitrogens with zero attached hydrogens (tertiary/aromatic N) is 1. The molecule has 0 fully saturated rings. The summed E-state index contributed by atoms with van der Waals surface area (Å²) in [6, 6.07) is 4.11. The highest BCUT2D eigenvalue weighted by molar-refractivity contribution is 7.87. The summed E-state index contributed by atoms with van der Waals surface area (Å²) in [5.74, 6) is 0. The van der Waals surface area contributed by atoms with Gasteiger partial charge in [0.15, 0.2) is 6.35 Å². The molecule has 1 rings (SSSR count). The van der Waals surface area contributed by atoms with Gasteiger partial charge in [0.05, 0.1) is 23.0 Å². The minimum Gasteiger partial charge on any atom is -0.307 e. The van der Waals surface area contributed by atoms with Gasteiger partial charge in [0.1, 0.15) is 0 Å². The van der Waals surface area contributed by atoms with E-state index in [2.05, 4.69) is 4.18 Å². The molecule has 124 valence electrons. The SMILES string of the molecule is CCOP(=O)(COS(=O)(=O)c1ccc([N+](=O)[O-])cc1)OCC. The first-order chi connectivity index (χ1) is 10.2. The highest BCUT2D eigenvalue weighted by Gasteiger charge is 2.28. The van der Waals surface area contributed by atoms with Crippen LogP contribution in [0.15, 0.2) is 29.2 Å². The largest absolute Gasteiger partial charge is 0.357 e. The van der Waals surface area contributed by atoms with Crippen molar-refractivity contribution < 1.29 is 31.1 Å². The molecule has 9 nitrogen and oxygen atoms in total. The Morgan fingerprint density at radius 2 is 1.64 bits per heavy atom. The van der Waals surface area contributed by atoms with Crippen LogP contribution >= 0.6 is 7.60 Å². The van der Waals surface area contributed by atoms with Gasteiger partial charge in [-0.15, -0.1) is 0 Å². The summed E-state index contributed by atoms with van der Waals surface area (Å²) in [5, 5.41) is 10.5. The topological polar surface area (TPSA) is 122 Å². The highest BCUT2D eigenvalue weighted by Crippen LogP contribution is 2.48. The number of nitro benzene ring substituents is 1. The monoisotopic (exact) mass is 353 g/mol. The maximum Gasteiger partial charge on any atom is 0.357 e. The summed E-state index contributed by atoms with van der Waals surface area (Å²) in [4.78, 5) is 9.57. The van der Waals surface area contributed by atoms with Gasteiger partial charge in [0.25, 0.3) is 15.8 Å². The molecule has 0 saturated heterocycles. The summed E-state index contributed by atoms with van der Waals surface area (Å²) in [7, 11) is -7.90. The zero-order valence-corrected chi connectivity index (χ0v) is 13.7. The van der Waals surface area contributed by atoms with Crippen LogP contribution in [0.5, 0.6) is 0 Å². The van der Waals surface area contributed by atoms with E-state index in [9.17, 15) is 23.1 Å². The second-order valence-corrected chi connectivity index (χ2v) is 7.51. The molecule has 1 aromatic rings. The lowest BCUT2D eigenvalue weighted by Crippen LogP contribution is -2.10. The van der Waals surface area contributed by atoms with E-state index < -0.39 is 29.0 Å². The lowest BCUT2D eigenvalue weighted by Gasteiger charge is -2.16. The van der Waals surface area contributed by atoms with Gasteiger partial charge in [-0.1, -0.05) is 0 Å². The molecular formula is C11H16NO8PS. The van der Waals surface area contributed by atoms with Gasteiger partial charge in [-0.05, 0) is 26.0 Å². The Bertz CT molecular complexity index is 647. The molecular weight excluding hydrogens is 337 g/mol. The Morgan fingerprint density at radius 1 is 1.14 bits per heavy atom. The van der Waals surface area contributed by atoms with Crippen molar-refractivity contribution in [3.8, 4) is 0 Å². The summed E-state index contributed by atoms with van der Waals surface area (Å²) in [6.45, 7) is 3.30. The van der Waals surface area contributed by atoms with E-state index in [0.717, 1.165) is 24.3 Å². The van der Waals surface area contributed by atoms with E-state index in [-0.39, 0.29) is 23.8 Å². The van der Waals surface area contributed by atoms with Crippen LogP contribution in [0.3, 0.4) is 0 Å². The van der Waals surface area contributed by atoms with Gasteiger partial charge >= 0.3 is 7.60 Å². The van der Waals surface area contributed by atoms with Crippen molar-refractivity contribution in [3.63, 3.8) is 0 Å². The fourth-order valence-corrected chi connectivity index (χ4v) is 4.13. The van der Waals surface area contributed by atoms with Crippen molar-refractivity contribution in [3.05, 3.63) is 34.4 Å². The lowest BCUT2D eigenvalue weighted by atomic mass is 10.3. The standard InChI is InChI=1S/C11H16NO8PS/c1-3-18-21(15,19-4-2)9-20-22(16,17)11-7-5-10(6-8-11)12(13)14/h5-8H,3-4,9H2,1-2H3. The van der Waals surface area contributed by atoms with Crippen LogP contribution in [-0.2, 0) is 27.9 Å². The molecule has 1 aromatic carbocycles. The maximum atomic E-state index is 12.1. The summed E-state index contributed by atoms with van der Waals surface area (Å²) in [6.07, 6.45) is -0.770. The van der Waals surface area contributed by atoms with Crippen LogP contribution in [0, 0.1) is 10.1 Å². The molecule has 0 bridgehead atoms. The van der Waals surface area contributed by atoms with Crippen LogP contribution < -0.4 is 0 Å². The first-order valence-electron chi connectivity index (χ1n) is 6.26. The maximum absolute atomic E-state index is 12.1. The molecule has 0 radical (unpaired) electrons. The van der Waals surface area contributed by atoms with Crippen molar-refractivity contribution >= 4 is 23.4 Å². The summed E-state index contributed by atoms with van der Waals surface area (Å²) in [5.41, 5.74) is -0.256. The van der Waals surface area contributed by atoms with Gasteiger partial charge in [-0.25, -0.2) is 0 Å². The molecule has 0 amide bonds. The van der Waals surface area contributed by atoms with Crippen molar-refractivity contribution in [2.45, 2.75) is 18.7 Å². The van der Waals surface area contributed by atoms with Crippen LogP contribution in [0.25, 0.3) is 0 Å². The second-order valence-electron chi connectivity index (χ2n) is 3.90. The molecule has 0 aliphatic carbocycles. The number of non-ortho nitro benzene ring substituents is 1. The zero-order chi connectivity index (χ0) is 16.8. The normalized spacial score (nSPS) is 12.3. The van der Waals surface area contributed by atoms with Crippen molar-refractivity contribution in [2.75, 3.05) is 19.6 Å². The van der Waals surface area contributed by atoms with E-state index in [1.165, 1.54) is 0 Å². The minimum atomic E-state index is -4.23. The number of hydrogen-bond acceptors (Lipinski definition) is 8. The molecule has 0 aliphatic rings. The number of hydrogen-bond donors (Lipinski definition) is 0. The molecule has 0 atom stereocenters. The summed E-state index contributed by atoms with van der Waals surface area (Å²) >= 11 is 0. The Kier molecular flexibility index (Phi) is 6.64. The second kappa shape index (κ2) is 7.80. The lowest BCUT2D eigenvalue weighted by molar-refractivity contribution is -0.384. The van der Waals surface area contributed by atoms with E-state index in [1.54, 1.807) is 13.8 Å². The minimum absolute atomic E-state index is 0.0677. The Balaban J connectivity index is 2.86. The first kappa shape index (κ1) is 18.7. The van der Waals surface area contributed by atoms with Crippen molar-refractivity contribution in [2.24, 2.45) is 0 Å². The van der Waals surface area contributed by atoms with Gasteiger partial charge < -0.3 is 9.05 Å². The van der Waals surface area contributed by atoms with Gasteiger partial charge in [-0.3, -0.25) is 18.9 Å². The third-order valence-corrected chi connectivity index (χ3v) is 5.55. The average Bonchev–Trinajstić information content (AvgIpc) is 2.46. The summed E-state index contributed by atoms with van der Waals surface area (Å²) < 4.78 is 50.5. The third-order valence-electron chi connectivity index (χ3n) is 2.35. The molecule has 0 aromatic heterocycles. The third kappa shape index (κ3) is 5.15. The molecule has 22 heavy (non-hydrogen) atoms. The highest BCUT2D eigenvalue weighted by atomic mass is 32.2. The Morgan fingerprint density at radius 3 is 2.05 bits per heavy atom.